The second kappa shape index (κ2) is 3.19. The average Bonchev–Trinajstić information content (AvgIpc) is 2.02. The van der Waals surface area contributed by atoms with Gasteiger partial charge in [0.05, 0.1) is 0 Å². The van der Waals surface area contributed by atoms with E-state index in [2.05, 4.69) is 18.0 Å². The van der Waals surface area contributed by atoms with Gasteiger partial charge in [0, 0.05) is 18.1 Å². The predicted molar refractivity (Wildman–Crippen MR) is 50.8 cm³/mol. The van der Waals surface area contributed by atoms with Crippen LogP contribution in [-0.2, 0) is 0 Å². The Kier molecular flexibility index (Phi) is 2.20. The minimum absolute atomic E-state index is 0.437. The summed E-state index contributed by atoms with van der Waals surface area (Å²) >= 11 is 0. The number of rotatable bonds is 1. The standard InChI is InChI=1S/C10H18N2/c1-2-7-3-9-5-8(11)6-10(4-7)12-9/h2,7-10,12H,1,3-6,11H2. The molecule has 0 aliphatic carbocycles. The van der Waals surface area contributed by atoms with Crippen molar-refractivity contribution in [2.75, 3.05) is 0 Å². The first-order valence-corrected chi connectivity index (χ1v) is 4.92. The van der Waals surface area contributed by atoms with Crippen LogP contribution in [0.15, 0.2) is 12.7 Å². The fourth-order valence-corrected chi connectivity index (χ4v) is 2.64. The molecule has 2 fully saturated rings. The van der Waals surface area contributed by atoms with Gasteiger partial charge in [0.25, 0.3) is 0 Å². The largest absolute Gasteiger partial charge is 0.328 e. The summed E-state index contributed by atoms with van der Waals surface area (Å²) in [6, 6.07) is 1.76. The van der Waals surface area contributed by atoms with Crippen LogP contribution in [0.25, 0.3) is 0 Å². The molecule has 2 aliphatic heterocycles. The lowest BCUT2D eigenvalue weighted by molar-refractivity contribution is 0.192. The summed E-state index contributed by atoms with van der Waals surface area (Å²) < 4.78 is 0. The van der Waals surface area contributed by atoms with Crippen molar-refractivity contribution in [3.8, 4) is 0 Å². The SMILES string of the molecule is C=CC1CC2CC(N)CC(C1)N2. The number of nitrogens with one attached hydrogen (secondary N) is 1. The molecule has 2 heterocycles. The van der Waals surface area contributed by atoms with Crippen molar-refractivity contribution in [3.05, 3.63) is 12.7 Å². The Morgan fingerprint density at radius 3 is 2.25 bits per heavy atom. The number of hydrogen-bond donors (Lipinski definition) is 2. The van der Waals surface area contributed by atoms with E-state index in [0.29, 0.717) is 18.1 Å². The van der Waals surface area contributed by atoms with E-state index < -0.39 is 0 Å². The van der Waals surface area contributed by atoms with Crippen molar-refractivity contribution < 1.29 is 0 Å². The molecule has 0 amide bonds. The second-order valence-corrected chi connectivity index (χ2v) is 4.26. The van der Waals surface area contributed by atoms with Crippen LogP contribution in [0.5, 0.6) is 0 Å². The lowest BCUT2D eigenvalue weighted by Crippen LogP contribution is -2.54. The Bertz CT molecular complexity index is 161. The Morgan fingerprint density at radius 2 is 1.75 bits per heavy atom. The Labute approximate surface area is 74.2 Å². The van der Waals surface area contributed by atoms with Crippen LogP contribution in [0.3, 0.4) is 0 Å². The molecular formula is C10H18N2. The molecule has 2 heteroatoms. The van der Waals surface area contributed by atoms with Gasteiger partial charge in [-0.2, -0.15) is 0 Å². The molecule has 0 radical (unpaired) electrons. The van der Waals surface area contributed by atoms with E-state index in [1.165, 1.54) is 12.8 Å². The molecule has 2 rings (SSSR count). The van der Waals surface area contributed by atoms with Crippen molar-refractivity contribution in [2.45, 2.75) is 43.8 Å². The fourth-order valence-electron chi connectivity index (χ4n) is 2.64. The van der Waals surface area contributed by atoms with Gasteiger partial charge in [-0.3, -0.25) is 0 Å². The zero-order valence-corrected chi connectivity index (χ0v) is 7.50. The third kappa shape index (κ3) is 1.54. The number of fused-ring (bicyclic) bond motifs is 2. The highest BCUT2D eigenvalue weighted by Crippen LogP contribution is 2.29. The van der Waals surface area contributed by atoms with Crippen molar-refractivity contribution in [2.24, 2.45) is 11.7 Å². The topological polar surface area (TPSA) is 38.0 Å². The van der Waals surface area contributed by atoms with Crippen molar-refractivity contribution >= 4 is 0 Å². The zero-order chi connectivity index (χ0) is 8.55. The maximum Gasteiger partial charge on any atom is 0.00900 e. The quantitative estimate of drug-likeness (QED) is 0.571. The van der Waals surface area contributed by atoms with Crippen LogP contribution < -0.4 is 11.1 Å². The van der Waals surface area contributed by atoms with Gasteiger partial charge >= 0.3 is 0 Å². The van der Waals surface area contributed by atoms with Crippen molar-refractivity contribution in [1.82, 2.24) is 5.32 Å². The smallest absolute Gasteiger partial charge is 0.00900 e. The molecule has 68 valence electrons. The first-order valence-electron chi connectivity index (χ1n) is 4.92. The number of hydrogen-bond acceptors (Lipinski definition) is 2. The Morgan fingerprint density at radius 1 is 1.17 bits per heavy atom. The van der Waals surface area contributed by atoms with Crippen LogP contribution in [-0.4, -0.2) is 18.1 Å². The van der Waals surface area contributed by atoms with Gasteiger partial charge in [0.15, 0.2) is 0 Å². The molecule has 0 spiro atoms. The first-order chi connectivity index (χ1) is 5.78. The monoisotopic (exact) mass is 166 g/mol. The molecular weight excluding hydrogens is 148 g/mol. The maximum absolute atomic E-state index is 5.95. The minimum atomic E-state index is 0.437. The lowest BCUT2D eigenvalue weighted by atomic mass is 9.79. The second-order valence-electron chi connectivity index (χ2n) is 4.26. The predicted octanol–water partition coefficient (Wildman–Crippen LogP) is 1.03. The van der Waals surface area contributed by atoms with E-state index in [-0.39, 0.29) is 0 Å². The van der Waals surface area contributed by atoms with E-state index in [9.17, 15) is 0 Å². The molecule has 0 saturated carbocycles. The van der Waals surface area contributed by atoms with Crippen LogP contribution in [0, 0.1) is 5.92 Å². The van der Waals surface area contributed by atoms with Crippen LogP contribution in [0.4, 0.5) is 0 Å². The maximum atomic E-state index is 5.95. The lowest BCUT2D eigenvalue weighted by Gasteiger charge is -2.42. The summed E-state index contributed by atoms with van der Waals surface area (Å²) in [5.41, 5.74) is 5.95. The van der Waals surface area contributed by atoms with E-state index >= 15 is 0 Å². The summed E-state index contributed by atoms with van der Waals surface area (Å²) in [4.78, 5) is 0. The third-order valence-electron chi connectivity index (χ3n) is 3.15. The average molecular weight is 166 g/mol. The molecule has 3 N–H and O–H groups in total. The Balaban J connectivity index is 2.00. The summed E-state index contributed by atoms with van der Waals surface area (Å²) in [6.45, 7) is 3.87. The minimum Gasteiger partial charge on any atom is -0.328 e. The third-order valence-corrected chi connectivity index (χ3v) is 3.15. The number of allylic oxidation sites excluding steroid dienone is 1. The van der Waals surface area contributed by atoms with Crippen LogP contribution >= 0.6 is 0 Å². The Hall–Kier alpha value is -0.340. The summed E-state index contributed by atoms with van der Waals surface area (Å²) in [5, 5.41) is 3.62. The van der Waals surface area contributed by atoms with E-state index in [0.717, 1.165) is 18.8 Å². The van der Waals surface area contributed by atoms with Crippen LogP contribution in [0.2, 0.25) is 0 Å². The highest BCUT2D eigenvalue weighted by Gasteiger charge is 2.32. The molecule has 2 aliphatic rings. The van der Waals surface area contributed by atoms with Gasteiger partial charge in [0.2, 0.25) is 0 Å². The van der Waals surface area contributed by atoms with Gasteiger partial charge < -0.3 is 11.1 Å². The fraction of sp³-hybridized carbons (Fsp3) is 0.800. The van der Waals surface area contributed by atoms with E-state index in [1.807, 2.05) is 0 Å². The van der Waals surface area contributed by atoms with Crippen molar-refractivity contribution in [3.63, 3.8) is 0 Å². The normalized spacial score (nSPS) is 47.1. The van der Waals surface area contributed by atoms with Gasteiger partial charge in [-0.15, -0.1) is 6.58 Å². The molecule has 2 nitrogen and oxygen atoms in total. The summed E-state index contributed by atoms with van der Waals surface area (Å²) in [6.07, 6.45) is 6.90. The van der Waals surface area contributed by atoms with Gasteiger partial charge in [-0.05, 0) is 31.6 Å². The summed E-state index contributed by atoms with van der Waals surface area (Å²) in [5.74, 6) is 0.730. The molecule has 2 bridgehead atoms. The molecule has 2 unspecified atom stereocenters. The highest BCUT2D eigenvalue weighted by molar-refractivity contribution is 4.98. The molecule has 0 aromatic carbocycles. The van der Waals surface area contributed by atoms with Crippen LogP contribution in [0.1, 0.15) is 25.7 Å². The molecule has 2 saturated heterocycles. The molecule has 0 aromatic heterocycles. The van der Waals surface area contributed by atoms with E-state index in [4.69, 9.17) is 5.73 Å². The summed E-state index contributed by atoms with van der Waals surface area (Å²) in [7, 11) is 0. The molecule has 2 atom stereocenters. The number of nitrogens with two attached hydrogens (primary N) is 1. The first kappa shape index (κ1) is 8.27. The van der Waals surface area contributed by atoms with Gasteiger partial charge in [0.1, 0.15) is 0 Å². The van der Waals surface area contributed by atoms with Gasteiger partial charge in [-0.1, -0.05) is 6.08 Å². The van der Waals surface area contributed by atoms with Crippen molar-refractivity contribution in [1.29, 1.82) is 0 Å². The molecule has 12 heavy (non-hydrogen) atoms. The zero-order valence-electron chi connectivity index (χ0n) is 7.50. The van der Waals surface area contributed by atoms with Gasteiger partial charge in [-0.25, -0.2) is 0 Å². The van der Waals surface area contributed by atoms with E-state index in [1.54, 1.807) is 0 Å². The molecule has 0 aromatic rings. The highest BCUT2D eigenvalue weighted by atomic mass is 15.0. The number of piperidine rings is 2.